The maximum absolute atomic E-state index is 12.6. The van der Waals surface area contributed by atoms with Crippen molar-refractivity contribution >= 4 is 5.97 Å². The van der Waals surface area contributed by atoms with Crippen LogP contribution in [0.15, 0.2) is 54.6 Å². The van der Waals surface area contributed by atoms with E-state index < -0.39 is 5.97 Å². The van der Waals surface area contributed by atoms with Gasteiger partial charge in [0.25, 0.3) is 0 Å². The SMILES string of the molecule is Cc1ccc(OC(=O)c2c(C)c(C)nn2-c2ccccc2)cc1. The van der Waals surface area contributed by atoms with Crippen LogP contribution in [0.2, 0.25) is 0 Å². The van der Waals surface area contributed by atoms with Gasteiger partial charge in [-0.05, 0) is 45.0 Å². The Balaban J connectivity index is 1.98. The standard InChI is InChI=1S/C19H18N2O2/c1-13-9-11-17(12-10-13)23-19(22)18-14(2)15(3)20-21(18)16-7-5-4-6-8-16/h4-12H,1-3H3. The average molecular weight is 306 g/mol. The molecule has 0 radical (unpaired) electrons. The minimum atomic E-state index is -0.407. The van der Waals surface area contributed by atoms with E-state index in [1.54, 1.807) is 16.8 Å². The topological polar surface area (TPSA) is 44.1 Å². The van der Waals surface area contributed by atoms with Gasteiger partial charge in [0.15, 0.2) is 5.69 Å². The number of hydrogen-bond donors (Lipinski definition) is 0. The van der Waals surface area contributed by atoms with Crippen molar-refractivity contribution in [3.63, 3.8) is 0 Å². The van der Waals surface area contributed by atoms with Gasteiger partial charge >= 0.3 is 5.97 Å². The normalized spacial score (nSPS) is 10.6. The molecular formula is C19H18N2O2. The number of carbonyl (C=O) groups is 1. The Morgan fingerprint density at radius 3 is 2.26 bits per heavy atom. The van der Waals surface area contributed by atoms with Crippen molar-refractivity contribution in [1.82, 2.24) is 9.78 Å². The van der Waals surface area contributed by atoms with E-state index in [1.807, 2.05) is 63.2 Å². The summed E-state index contributed by atoms with van der Waals surface area (Å²) in [7, 11) is 0. The van der Waals surface area contributed by atoms with E-state index in [0.29, 0.717) is 11.4 Å². The summed E-state index contributed by atoms with van der Waals surface area (Å²) in [5, 5.41) is 4.47. The molecule has 23 heavy (non-hydrogen) atoms. The number of hydrogen-bond acceptors (Lipinski definition) is 3. The molecule has 0 unspecified atom stereocenters. The number of esters is 1. The highest BCUT2D eigenvalue weighted by Crippen LogP contribution is 2.20. The van der Waals surface area contributed by atoms with Gasteiger partial charge in [-0.25, -0.2) is 9.48 Å². The maximum atomic E-state index is 12.6. The molecule has 0 amide bonds. The number of para-hydroxylation sites is 1. The van der Waals surface area contributed by atoms with Gasteiger partial charge in [0.2, 0.25) is 0 Å². The molecule has 0 spiro atoms. The van der Waals surface area contributed by atoms with Crippen molar-refractivity contribution in [1.29, 1.82) is 0 Å². The van der Waals surface area contributed by atoms with Gasteiger partial charge in [0.05, 0.1) is 11.4 Å². The molecule has 0 aliphatic carbocycles. The summed E-state index contributed by atoms with van der Waals surface area (Å²) in [6.45, 7) is 5.76. The molecule has 4 heteroatoms. The number of nitrogens with zero attached hydrogens (tertiary/aromatic N) is 2. The maximum Gasteiger partial charge on any atom is 0.362 e. The Hall–Kier alpha value is -2.88. The Kier molecular flexibility index (Phi) is 3.98. The minimum Gasteiger partial charge on any atom is -0.422 e. The Bertz CT molecular complexity index is 834. The second kappa shape index (κ2) is 6.08. The van der Waals surface area contributed by atoms with Crippen LogP contribution in [0.25, 0.3) is 5.69 Å². The molecule has 0 saturated heterocycles. The number of carbonyl (C=O) groups excluding carboxylic acids is 1. The van der Waals surface area contributed by atoms with Gasteiger partial charge in [-0.15, -0.1) is 0 Å². The van der Waals surface area contributed by atoms with Crippen molar-refractivity contribution in [3.05, 3.63) is 77.1 Å². The molecule has 0 atom stereocenters. The molecule has 2 aromatic carbocycles. The molecule has 3 rings (SSSR count). The second-order valence-electron chi connectivity index (χ2n) is 5.51. The smallest absolute Gasteiger partial charge is 0.362 e. The zero-order valence-corrected chi connectivity index (χ0v) is 13.4. The molecule has 1 heterocycles. The Morgan fingerprint density at radius 1 is 0.957 bits per heavy atom. The summed E-state index contributed by atoms with van der Waals surface area (Å²) < 4.78 is 7.15. The molecule has 0 fully saturated rings. The van der Waals surface area contributed by atoms with Crippen LogP contribution in [-0.4, -0.2) is 15.7 Å². The summed E-state index contributed by atoms with van der Waals surface area (Å²) >= 11 is 0. The highest BCUT2D eigenvalue weighted by Gasteiger charge is 2.21. The fourth-order valence-electron chi connectivity index (χ4n) is 2.36. The zero-order valence-electron chi connectivity index (χ0n) is 13.4. The van der Waals surface area contributed by atoms with Gasteiger partial charge in [0.1, 0.15) is 5.75 Å². The molecular weight excluding hydrogens is 288 g/mol. The van der Waals surface area contributed by atoms with E-state index in [0.717, 1.165) is 22.5 Å². The quantitative estimate of drug-likeness (QED) is 0.542. The summed E-state index contributed by atoms with van der Waals surface area (Å²) in [4.78, 5) is 12.6. The third-order valence-electron chi connectivity index (χ3n) is 3.79. The lowest BCUT2D eigenvalue weighted by Crippen LogP contribution is -2.15. The van der Waals surface area contributed by atoms with E-state index in [4.69, 9.17) is 4.74 Å². The second-order valence-corrected chi connectivity index (χ2v) is 5.51. The predicted octanol–water partition coefficient (Wildman–Crippen LogP) is 4.02. The van der Waals surface area contributed by atoms with Crippen LogP contribution < -0.4 is 4.74 Å². The minimum absolute atomic E-state index is 0.407. The molecule has 4 nitrogen and oxygen atoms in total. The molecule has 0 aliphatic rings. The van der Waals surface area contributed by atoms with Crippen LogP contribution in [0.4, 0.5) is 0 Å². The van der Waals surface area contributed by atoms with Gasteiger partial charge < -0.3 is 4.74 Å². The van der Waals surface area contributed by atoms with Gasteiger partial charge in [-0.3, -0.25) is 0 Å². The first-order valence-electron chi connectivity index (χ1n) is 7.47. The highest BCUT2D eigenvalue weighted by molar-refractivity contribution is 5.91. The third kappa shape index (κ3) is 3.01. The molecule has 0 saturated carbocycles. The largest absolute Gasteiger partial charge is 0.422 e. The van der Waals surface area contributed by atoms with E-state index in [2.05, 4.69) is 5.10 Å². The Morgan fingerprint density at radius 2 is 1.61 bits per heavy atom. The number of aryl methyl sites for hydroxylation is 2. The van der Waals surface area contributed by atoms with Crippen LogP contribution in [0.3, 0.4) is 0 Å². The fourth-order valence-corrected chi connectivity index (χ4v) is 2.36. The zero-order chi connectivity index (χ0) is 16.4. The summed E-state index contributed by atoms with van der Waals surface area (Å²) in [6.07, 6.45) is 0. The lowest BCUT2D eigenvalue weighted by Gasteiger charge is -2.09. The van der Waals surface area contributed by atoms with Crippen molar-refractivity contribution in [3.8, 4) is 11.4 Å². The first kappa shape index (κ1) is 15.0. The summed E-state index contributed by atoms with van der Waals surface area (Å²) in [5.74, 6) is 0.120. The monoisotopic (exact) mass is 306 g/mol. The van der Waals surface area contributed by atoms with Crippen molar-refractivity contribution in [2.75, 3.05) is 0 Å². The molecule has 1 aromatic heterocycles. The number of aromatic nitrogens is 2. The molecule has 3 aromatic rings. The first-order chi connectivity index (χ1) is 11.1. The van der Waals surface area contributed by atoms with Crippen LogP contribution in [0, 0.1) is 20.8 Å². The summed E-state index contributed by atoms with van der Waals surface area (Å²) in [5.41, 5.74) is 4.04. The highest BCUT2D eigenvalue weighted by atomic mass is 16.5. The third-order valence-corrected chi connectivity index (χ3v) is 3.79. The number of benzene rings is 2. The van der Waals surface area contributed by atoms with Crippen LogP contribution in [0.5, 0.6) is 5.75 Å². The predicted molar refractivity (Wildman–Crippen MR) is 89.2 cm³/mol. The molecule has 116 valence electrons. The van der Waals surface area contributed by atoms with E-state index in [-0.39, 0.29) is 0 Å². The van der Waals surface area contributed by atoms with Gasteiger partial charge in [-0.2, -0.15) is 5.10 Å². The Labute approximate surface area is 135 Å². The molecule has 0 N–H and O–H groups in total. The van der Waals surface area contributed by atoms with E-state index in [1.165, 1.54) is 0 Å². The first-order valence-corrected chi connectivity index (χ1v) is 7.47. The average Bonchev–Trinajstić information content (AvgIpc) is 2.86. The van der Waals surface area contributed by atoms with Crippen molar-refractivity contribution in [2.24, 2.45) is 0 Å². The van der Waals surface area contributed by atoms with E-state index >= 15 is 0 Å². The lowest BCUT2D eigenvalue weighted by molar-refractivity contribution is 0.0724. The lowest BCUT2D eigenvalue weighted by atomic mass is 10.2. The number of rotatable bonds is 3. The van der Waals surface area contributed by atoms with Crippen LogP contribution in [0.1, 0.15) is 27.3 Å². The van der Waals surface area contributed by atoms with Crippen molar-refractivity contribution < 1.29 is 9.53 Å². The summed E-state index contributed by atoms with van der Waals surface area (Å²) in [6, 6.07) is 17.0. The van der Waals surface area contributed by atoms with E-state index in [9.17, 15) is 4.79 Å². The van der Waals surface area contributed by atoms with Crippen LogP contribution >= 0.6 is 0 Å². The number of ether oxygens (including phenoxy) is 1. The van der Waals surface area contributed by atoms with Crippen molar-refractivity contribution in [2.45, 2.75) is 20.8 Å². The van der Waals surface area contributed by atoms with Crippen LogP contribution in [-0.2, 0) is 0 Å². The molecule has 0 aliphatic heterocycles. The molecule has 0 bridgehead atoms. The fraction of sp³-hybridized carbons (Fsp3) is 0.158. The van der Waals surface area contributed by atoms with Gasteiger partial charge in [-0.1, -0.05) is 35.9 Å². The van der Waals surface area contributed by atoms with Gasteiger partial charge in [0, 0.05) is 5.56 Å².